The molecule has 2 heterocycles. The number of benzene rings is 2. The first-order valence-corrected chi connectivity index (χ1v) is 10.4. The first-order chi connectivity index (χ1) is 15.6. The second-order valence-corrected chi connectivity index (χ2v) is 7.46. The Bertz CT molecular complexity index is 1130. The van der Waals surface area contributed by atoms with Crippen LogP contribution in [0.15, 0.2) is 41.4 Å². The molecule has 2 aromatic carbocycles. The second kappa shape index (κ2) is 9.69. The lowest BCUT2D eigenvalue weighted by molar-refractivity contribution is 0.268. The molecule has 1 aromatic heterocycles. The van der Waals surface area contributed by atoms with Gasteiger partial charge in [0, 0.05) is 11.9 Å². The SMILES string of the molecule is COc1ccc2nc(NC3=NCN(CCc4ccc(OC)c(OC)c4)CN3)nc(C)c2c1. The first kappa shape index (κ1) is 21.6. The monoisotopic (exact) mass is 436 g/mol. The Balaban J connectivity index is 1.35. The summed E-state index contributed by atoms with van der Waals surface area (Å²) in [5.74, 6) is 3.46. The minimum atomic E-state index is 0.519. The number of rotatable bonds is 7. The molecule has 3 aromatic rings. The molecular weight excluding hydrogens is 408 g/mol. The van der Waals surface area contributed by atoms with Crippen LogP contribution in [-0.2, 0) is 6.42 Å². The zero-order valence-electron chi connectivity index (χ0n) is 18.8. The van der Waals surface area contributed by atoms with Gasteiger partial charge in [0.15, 0.2) is 11.5 Å². The highest BCUT2D eigenvalue weighted by Crippen LogP contribution is 2.27. The molecule has 9 nitrogen and oxygen atoms in total. The van der Waals surface area contributed by atoms with Gasteiger partial charge in [0.2, 0.25) is 11.9 Å². The van der Waals surface area contributed by atoms with Crippen molar-refractivity contribution in [2.45, 2.75) is 13.3 Å². The van der Waals surface area contributed by atoms with E-state index in [9.17, 15) is 0 Å². The third-order valence-corrected chi connectivity index (χ3v) is 5.39. The quantitative estimate of drug-likeness (QED) is 0.584. The van der Waals surface area contributed by atoms with Crippen molar-refractivity contribution in [3.63, 3.8) is 0 Å². The molecule has 0 radical (unpaired) electrons. The number of ether oxygens (including phenoxy) is 3. The molecule has 0 saturated heterocycles. The van der Waals surface area contributed by atoms with Crippen LogP contribution in [0.5, 0.6) is 17.2 Å². The number of anilines is 1. The molecule has 0 unspecified atom stereocenters. The van der Waals surface area contributed by atoms with Gasteiger partial charge in [-0.15, -0.1) is 0 Å². The van der Waals surface area contributed by atoms with Gasteiger partial charge in [-0.05, 0) is 49.2 Å². The fourth-order valence-corrected chi connectivity index (χ4v) is 3.57. The highest BCUT2D eigenvalue weighted by Gasteiger charge is 2.14. The molecule has 0 atom stereocenters. The van der Waals surface area contributed by atoms with Crippen LogP contribution in [-0.4, -0.2) is 62.0 Å². The Hall–Kier alpha value is -3.59. The third kappa shape index (κ3) is 4.83. The van der Waals surface area contributed by atoms with Crippen LogP contribution < -0.4 is 24.8 Å². The van der Waals surface area contributed by atoms with E-state index in [1.54, 1.807) is 21.3 Å². The third-order valence-electron chi connectivity index (χ3n) is 5.39. The molecule has 4 rings (SSSR count). The minimum absolute atomic E-state index is 0.519. The number of aryl methyl sites for hydroxylation is 1. The van der Waals surface area contributed by atoms with Gasteiger partial charge >= 0.3 is 0 Å². The van der Waals surface area contributed by atoms with Crippen LogP contribution in [0.1, 0.15) is 11.3 Å². The molecule has 2 N–H and O–H groups in total. The molecule has 32 heavy (non-hydrogen) atoms. The molecule has 1 aliphatic heterocycles. The minimum Gasteiger partial charge on any atom is -0.497 e. The van der Waals surface area contributed by atoms with E-state index in [0.717, 1.165) is 46.8 Å². The van der Waals surface area contributed by atoms with Crippen molar-refractivity contribution in [2.24, 2.45) is 4.99 Å². The van der Waals surface area contributed by atoms with Gasteiger partial charge in [0.1, 0.15) is 5.75 Å². The summed E-state index contributed by atoms with van der Waals surface area (Å²) in [5, 5.41) is 7.46. The van der Waals surface area contributed by atoms with Gasteiger partial charge in [-0.1, -0.05) is 6.07 Å². The van der Waals surface area contributed by atoms with Crippen LogP contribution in [0.4, 0.5) is 5.95 Å². The van der Waals surface area contributed by atoms with E-state index in [2.05, 4.69) is 36.6 Å². The number of hydrogen-bond donors (Lipinski definition) is 2. The highest BCUT2D eigenvalue weighted by atomic mass is 16.5. The van der Waals surface area contributed by atoms with Crippen molar-refractivity contribution in [3.05, 3.63) is 47.7 Å². The Morgan fingerprint density at radius 1 is 1.00 bits per heavy atom. The maximum Gasteiger partial charge on any atom is 0.230 e. The smallest absolute Gasteiger partial charge is 0.230 e. The number of fused-ring (bicyclic) bond motifs is 1. The van der Waals surface area contributed by atoms with E-state index >= 15 is 0 Å². The number of nitrogens with zero attached hydrogens (tertiary/aromatic N) is 4. The summed E-state index contributed by atoms with van der Waals surface area (Å²) in [6.45, 7) is 4.10. The number of nitrogens with one attached hydrogen (secondary N) is 2. The number of methoxy groups -OCH3 is 3. The van der Waals surface area contributed by atoms with Crippen LogP contribution in [0.2, 0.25) is 0 Å². The van der Waals surface area contributed by atoms with Gasteiger partial charge in [-0.25, -0.2) is 15.0 Å². The molecular formula is C23H28N6O3. The first-order valence-electron chi connectivity index (χ1n) is 10.4. The van der Waals surface area contributed by atoms with E-state index < -0.39 is 0 Å². The standard InChI is InChI=1S/C23H28N6O3/c1-15-18-12-17(30-2)6-7-19(18)27-23(26-15)28-22-24-13-29(14-25-22)10-9-16-5-8-20(31-3)21(11-16)32-4/h5-8,11-12H,9-10,13-14H2,1-4H3,(H2,24,25,26,27,28). The molecule has 0 spiro atoms. The molecule has 0 bridgehead atoms. The highest BCUT2D eigenvalue weighted by molar-refractivity contribution is 5.93. The Kier molecular flexibility index (Phi) is 6.55. The van der Waals surface area contributed by atoms with Crippen molar-refractivity contribution < 1.29 is 14.2 Å². The summed E-state index contributed by atoms with van der Waals surface area (Å²) < 4.78 is 16.0. The van der Waals surface area contributed by atoms with E-state index in [4.69, 9.17) is 14.2 Å². The lowest BCUT2D eigenvalue weighted by atomic mass is 10.1. The number of guanidine groups is 1. The summed E-state index contributed by atoms with van der Waals surface area (Å²) in [6.07, 6.45) is 0.886. The Morgan fingerprint density at radius 2 is 1.84 bits per heavy atom. The number of aliphatic imine (C=N–C) groups is 1. The Labute approximate surface area is 187 Å². The van der Waals surface area contributed by atoms with E-state index in [1.807, 2.05) is 37.3 Å². The molecule has 0 fully saturated rings. The number of aromatic nitrogens is 2. The van der Waals surface area contributed by atoms with Crippen molar-refractivity contribution >= 4 is 22.8 Å². The fraction of sp³-hybridized carbons (Fsp3) is 0.348. The molecule has 0 amide bonds. The lowest BCUT2D eigenvalue weighted by Crippen LogP contribution is -2.46. The van der Waals surface area contributed by atoms with Crippen molar-refractivity contribution in [1.29, 1.82) is 0 Å². The number of hydrogen-bond acceptors (Lipinski definition) is 9. The summed E-state index contributed by atoms with van der Waals surface area (Å²) in [4.78, 5) is 16.0. The normalized spacial score (nSPS) is 13.9. The molecule has 0 saturated carbocycles. The van der Waals surface area contributed by atoms with Crippen LogP contribution in [0, 0.1) is 6.92 Å². The largest absolute Gasteiger partial charge is 0.497 e. The summed E-state index contributed by atoms with van der Waals surface area (Å²) >= 11 is 0. The molecule has 0 aliphatic carbocycles. The van der Waals surface area contributed by atoms with Crippen LogP contribution >= 0.6 is 0 Å². The van der Waals surface area contributed by atoms with Gasteiger partial charge < -0.3 is 19.5 Å². The van der Waals surface area contributed by atoms with Gasteiger partial charge in [0.25, 0.3) is 0 Å². The summed E-state index contributed by atoms with van der Waals surface area (Å²) in [5.41, 5.74) is 2.92. The van der Waals surface area contributed by atoms with E-state index in [1.165, 1.54) is 5.56 Å². The average Bonchev–Trinajstić information content (AvgIpc) is 2.83. The fourth-order valence-electron chi connectivity index (χ4n) is 3.57. The zero-order valence-corrected chi connectivity index (χ0v) is 18.8. The topological polar surface area (TPSA) is 93.1 Å². The van der Waals surface area contributed by atoms with Crippen LogP contribution in [0.3, 0.4) is 0 Å². The summed E-state index contributed by atoms with van der Waals surface area (Å²) in [7, 11) is 4.94. The van der Waals surface area contributed by atoms with Gasteiger partial charge in [-0.2, -0.15) is 0 Å². The van der Waals surface area contributed by atoms with E-state index in [0.29, 0.717) is 25.2 Å². The molecule has 168 valence electrons. The van der Waals surface area contributed by atoms with Gasteiger partial charge in [0.05, 0.1) is 45.9 Å². The molecule has 1 aliphatic rings. The maximum absolute atomic E-state index is 5.39. The van der Waals surface area contributed by atoms with Crippen LogP contribution in [0.25, 0.3) is 10.9 Å². The maximum atomic E-state index is 5.39. The summed E-state index contributed by atoms with van der Waals surface area (Å²) in [6, 6.07) is 11.8. The van der Waals surface area contributed by atoms with Crippen molar-refractivity contribution in [3.8, 4) is 17.2 Å². The average molecular weight is 437 g/mol. The second-order valence-electron chi connectivity index (χ2n) is 7.46. The van der Waals surface area contributed by atoms with E-state index in [-0.39, 0.29) is 0 Å². The van der Waals surface area contributed by atoms with Crippen molar-refractivity contribution in [2.75, 3.05) is 46.5 Å². The Morgan fingerprint density at radius 3 is 2.56 bits per heavy atom. The predicted octanol–water partition coefficient (Wildman–Crippen LogP) is 2.79. The lowest BCUT2D eigenvalue weighted by Gasteiger charge is -2.27. The molecule has 9 heteroatoms. The van der Waals surface area contributed by atoms with Crippen molar-refractivity contribution in [1.82, 2.24) is 20.2 Å². The predicted molar refractivity (Wildman–Crippen MR) is 125 cm³/mol. The zero-order chi connectivity index (χ0) is 22.5. The van der Waals surface area contributed by atoms with Gasteiger partial charge in [-0.3, -0.25) is 10.2 Å².